The third-order valence-electron chi connectivity index (χ3n) is 3.45. The van der Waals surface area contributed by atoms with Gasteiger partial charge >= 0.3 is 0 Å². The van der Waals surface area contributed by atoms with E-state index in [1.165, 1.54) is 11.3 Å². The Morgan fingerprint density at radius 3 is 3.00 bits per heavy atom. The summed E-state index contributed by atoms with van der Waals surface area (Å²) in [5.74, 6) is 0. The summed E-state index contributed by atoms with van der Waals surface area (Å²) >= 11 is 0. The van der Waals surface area contributed by atoms with Crippen LogP contribution in [0, 0.1) is 0 Å². The number of benzene rings is 1. The van der Waals surface area contributed by atoms with Gasteiger partial charge in [-0.1, -0.05) is 25.1 Å². The second-order valence-electron chi connectivity index (χ2n) is 4.59. The first-order valence-corrected chi connectivity index (χ1v) is 6.52. The highest BCUT2D eigenvalue weighted by Gasteiger charge is 2.20. The zero-order valence-electron chi connectivity index (χ0n) is 10.5. The lowest BCUT2D eigenvalue weighted by atomic mass is 10.1. The maximum absolute atomic E-state index is 9.02. The van der Waals surface area contributed by atoms with Crippen molar-refractivity contribution in [3.63, 3.8) is 0 Å². The summed E-state index contributed by atoms with van der Waals surface area (Å²) in [4.78, 5) is 2.44. The van der Waals surface area contributed by atoms with Crippen molar-refractivity contribution in [2.24, 2.45) is 0 Å². The number of aliphatic hydroxyl groups excluding tert-OH is 1. The van der Waals surface area contributed by atoms with E-state index in [0.717, 1.165) is 32.5 Å². The van der Waals surface area contributed by atoms with Crippen molar-refractivity contribution in [2.75, 3.05) is 31.1 Å². The molecule has 1 aromatic carbocycles. The molecule has 1 heterocycles. The highest BCUT2D eigenvalue weighted by atomic mass is 16.3. The molecule has 1 fully saturated rings. The number of hydrogen-bond donors (Lipinski definition) is 2. The van der Waals surface area contributed by atoms with Gasteiger partial charge in [-0.3, -0.25) is 0 Å². The van der Waals surface area contributed by atoms with Gasteiger partial charge in [0.15, 0.2) is 0 Å². The van der Waals surface area contributed by atoms with E-state index in [2.05, 4.69) is 41.4 Å². The molecule has 0 aliphatic carbocycles. The molecule has 1 aliphatic rings. The molecule has 17 heavy (non-hydrogen) atoms. The first-order valence-electron chi connectivity index (χ1n) is 6.52. The minimum absolute atomic E-state index is 0.265. The zero-order chi connectivity index (χ0) is 12.1. The molecule has 0 radical (unpaired) electrons. The molecule has 3 heteroatoms. The number of anilines is 1. The van der Waals surface area contributed by atoms with Crippen LogP contribution < -0.4 is 10.2 Å². The average molecular weight is 234 g/mol. The molecule has 1 aliphatic heterocycles. The molecule has 0 bridgehead atoms. The number of aryl methyl sites for hydroxylation is 1. The van der Waals surface area contributed by atoms with Crippen LogP contribution in [-0.2, 0) is 6.42 Å². The van der Waals surface area contributed by atoms with E-state index >= 15 is 0 Å². The molecule has 0 aromatic heterocycles. The minimum atomic E-state index is 0.265. The van der Waals surface area contributed by atoms with Crippen molar-refractivity contribution in [1.82, 2.24) is 5.32 Å². The third kappa shape index (κ3) is 2.99. The number of nitrogens with zero attached hydrogens (tertiary/aromatic N) is 1. The molecule has 94 valence electrons. The van der Waals surface area contributed by atoms with Crippen LogP contribution in [0.25, 0.3) is 0 Å². The molecule has 3 nitrogen and oxygen atoms in total. The van der Waals surface area contributed by atoms with Crippen molar-refractivity contribution in [3.05, 3.63) is 29.8 Å². The van der Waals surface area contributed by atoms with Crippen molar-refractivity contribution in [1.29, 1.82) is 0 Å². The lowest BCUT2D eigenvalue weighted by molar-refractivity contribution is 0.260. The average Bonchev–Trinajstić information content (AvgIpc) is 2.39. The van der Waals surface area contributed by atoms with E-state index < -0.39 is 0 Å². The van der Waals surface area contributed by atoms with E-state index in [1.807, 2.05) is 0 Å². The minimum Gasteiger partial charge on any atom is -0.396 e. The second kappa shape index (κ2) is 6.03. The van der Waals surface area contributed by atoms with Gasteiger partial charge in [-0.05, 0) is 24.5 Å². The Bertz CT molecular complexity index is 352. The number of piperazine rings is 1. The Labute approximate surface area is 103 Å². The zero-order valence-corrected chi connectivity index (χ0v) is 10.5. The Kier molecular flexibility index (Phi) is 4.40. The van der Waals surface area contributed by atoms with Crippen molar-refractivity contribution in [2.45, 2.75) is 25.8 Å². The smallest absolute Gasteiger partial charge is 0.0446 e. The van der Waals surface area contributed by atoms with E-state index in [1.54, 1.807) is 0 Å². The molecule has 2 rings (SSSR count). The van der Waals surface area contributed by atoms with E-state index in [9.17, 15) is 0 Å². The van der Waals surface area contributed by atoms with Gasteiger partial charge < -0.3 is 15.3 Å². The Balaban J connectivity index is 2.10. The first kappa shape index (κ1) is 12.4. The summed E-state index contributed by atoms with van der Waals surface area (Å²) in [6.07, 6.45) is 1.91. The van der Waals surface area contributed by atoms with Crippen LogP contribution in [0.15, 0.2) is 24.3 Å². The fraction of sp³-hybridized carbons (Fsp3) is 0.571. The molecule has 1 atom stereocenters. The predicted molar refractivity (Wildman–Crippen MR) is 71.5 cm³/mol. The highest BCUT2D eigenvalue weighted by Crippen LogP contribution is 2.22. The van der Waals surface area contributed by atoms with Crippen LogP contribution in [0.1, 0.15) is 18.9 Å². The van der Waals surface area contributed by atoms with E-state index in [0.29, 0.717) is 6.04 Å². The van der Waals surface area contributed by atoms with Crippen LogP contribution in [0.5, 0.6) is 0 Å². The molecule has 1 saturated heterocycles. The van der Waals surface area contributed by atoms with Crippen LogP contribution in [0.4, 0.5) is 5.69 Å². The summed E-state index contributed by atoms with van der Waals surface area (Å²) in [5.41, 5.74) is 2.77. The van der Waals surface area contributed by atoms with Gasteiger partial charge in [-0.15, -0.1) is 0 Å². The first-order chi connectivity index (χ1) is 8.35. The molecule has 0 spiro atoms. The molecular weight excluding hydrogens is 212 g/mol. The number of para-hydroxylation sites is 1. The second-order valence-corrected chi connectivity index (χ2v) is 4.59. The Morgan fingerprint density at radius 1 is 1.41 bits per heavy atom. The summed E-state index contributed by atoms with van der Waals surface area (Å²) in [5, 5.41) is 12.5. The van der Waals surface area contributed by atoms with Crippen molar-refractivity contribution < 1.29 is 5.11 Å². The monoisotopic (exact) mass is 234 g/mol. The fourth-order valence-electron chi connectivity index (χ4n) is 2.51. The molecule has 1 aromatic rings. The van der Waals surface area contributed by atoms with Gasteiger partial charge in [0, 0.05) is 38.0 Å². The van der Waals surface area contributed by atoms with Gasteiger partial charge in [0.25, 0.3) is 0 Å². The fourth-order valence-corrected chi connectivity index (χ4v) is 2.51. The van der Waals surface area contributed by atoms with E-state index in [4.69, 9.17) is 5.11 Å². The Morgan fingerprint density at radius 2 is 2.24 bits per heavy atom. The SMILES string of the molecule is CCc1ccccc1N1CCNC(CCO)C1. The van der Waals surface area contributed by atoms with Gasteiger partial charge in [0.1, 0.15) is 0 Å². The third-order valence-corrected chi connectivity index (χ3v) is 3.45. The Hall–Kier alpha value is -1.06. The molecule has 0 saturated carbocycles. The molecule has 0 amide bonds. The topological polar surface area (TPSA) is 35.5 Å². The maximum atomic E-state index is 9.02. The standard InChI is InChI=1S/C14H22N2O/c1-2-12-5-3-4-6-14(12)16-9-8-15-13(11-16)7-10-17/h3-6,13,15,17H,2,7-11H2,1H3. The van der Waals surface area contributed by atoms with E-state index in [-0.39, 0.29) is 6.61 Å². The summed E-state index contributed by atoms with van der Waals surface area (Å²) < 4.78 is 0. The van der Waals surface area contributed by atoms with Crippen LogP contribution in [-0.4, -0.2) is 37.4 Å². The van der Waals surface area contributed by atoms with Gasteiger partial charge in [0.2, 0.25) is 0 Å². The normalized spacial score (nSPS) is 20.6. The van der Waals surface area contributed by atoms with Gasteiger partial charge in [0.05, 0.1) is 0 Å². The largest absolute Gasteiger partial charge is 0.396 e. The number of rotatable bonds is 4. The number of hydrogen-bond acceptors (Lipinski definition) is 3. The number of aliphatic hydroxyl groups is 1. The molecule has 2 N–H and O–H groups in total. The lowest BCUT2D eigenvalue weighted by Crippen LogP contribution is -2.51. The van der Waals surface area contributed by atoms with Crippen LogP contribution in [0.3, 0.4) is 0 Å². The van der Waals surface area contributed by atoms with Gasteiger partial charge in [-0.25, -0.2) is 0 Å². The summed E-state index contributed by atoms with van der Waals surface area (Å²) in [7, 11) is 0. The highest BCUT2D eigenvalue weighted by molar-refractivity contribution is 5.54. The maximum Gasteiger partial charge on any atom is 0.0446 e. The summed E-state index contributed by atoms with van der Waals surface area (Å²) in [6.45, 7) is 5.52. The predicted octanol–water partition coefficient (Wildman–Crippen LogP) is 1.41. The van der Waals surface area contributed by atoms with Crippen molar-refractivity contribution >= 4 is 5.69 Å². The van der Waals surface area contributed by atoms with Crippen LogP contribution in [0.2, 0.25) is 0 Å². The lowest BCUT2D eigenvalue weighted by Gasteiger charge is -2.36. The quantitative estimate of drug-likeness (QED) is 0.827. The van der Waals surface area contributed by atoms with Crippen LogP contribution >= 0.6 is 0 Å². The molecular formula is C14H22N2O. The molecule has 1 unspecified atom stereocenters. The number of nitrogens with one attached hydrogen (secondary N) is 1. The van der Waals surface area contributed by atoms with Crippen molar-refractivity contribution in [3.8, 4) is 0 Å². The summed E-state index contributed by atoms with van der Waals surface area (Å²) in [6, 6.07) is 9.05. The van der Waals surface area contributed by atoms with Gasteiger partial charge in [-0.2, -0.15) is 0 Å².